The van der Waals surface area contributed by atoms with E-state index in [1.165, 1.54) is 0 Å². The van der Waals surface area contributed by atoms with E-state index >= 15 is 0 Å². The number of benzene rings is 1. The van der Waals surface area contributed by atoms with Crippen molar-refractivity contribution < 1.29 is 14.4 Å². The van der Waals surface area contributed by atoms with E-state index in [4.69, 9.17) is 9.26 Å². The predicted octanol–water partition coefficient (Wildman–Crippen LogP) is 1.20. The number of nitrogens with one attached hydrogen (secondary N) is 1. The van der Waals surface area contributed by atoms with Gasteiger partial charge in [-0.2, -0.15) is 4.98 Å². The van der Waals surface area contributed by atoms with Crippen LogP contribution in [0.25, 0.3) is 0 Å². The second-order valence-corrected chi connectivity index (χ2v) is 4.87. The second-order valence-electron chi connectivity index (χ2n) is 4.87. The molecule has 1 aromatic carbocycles. The van der Waals surface area contributed by atoms with Crippen LogP contribution in [0.4, 0.5) is 0 Å². The van der Waals surface area contributed by atoms with Gasteiger partial charge in [-0.3, -0.25) is 0 Å². The zero-order valence-electron chi connectivity index (χ0n) is 11.2. The quantitative estimate of drug-likeness (QED) is 0.872. The van der Waals surface area contributed by atoms with Gasteiger partial charge in [-0.15, -0.1) is 0 Å². The van der Waals surface area contributed by atoms with E-state index in [-0.39, 0.29) is 18.2 Å². The lowest BCUT2D eigenvalue weighted by atomic mass is 10.1. The first-order valence-corrected chi connectivity index (χ1v) is 6.60. The highest BCUT2D eigenvalue weighted by Gasteiger charge is 2.29. The number of ether oxygens (including phenoxy) is 1. The first kappa shape index (κ1) is 13.2. The van der Waals surface area contributed by atoms with Gasteiger partial charge in [0.1, 0.15) is 6.10 Å². The standard InChI is InChI=1S/C14H17N3O3/c1-19-12(9-5-3-2-4-6-9)13-16-14(20-17-13)11-7-10(18)8-15-11/h2-6,10-12,15,18H,7-8H2,1H3/t10?,11-,12?/m0/s1. The van der Waals surface area contributed by atoms with E-state index in [1.54, 1.807) is 7.11 Å². The van der Waals surface area contributed by atoms with Crippen LogP contribution in [0, 0.1) is 0 Å². The van der Waals surface area contributed by atoms with E-state index in [0.717, 1.165) is 5.56 Å². The lowest BCUT2D eigenvalue weighted by Gasteiger charge is -2.11. The molecular weight excluding hydrogens is 258 g/mol. The van der Waals surface area contributed by atoms with Gasteiger partial charge >= 0.3 is 0 Å². The van der Waals surface area contributed by atoms with Crippen LogP contribution < -0.4 is 5.32 Å². The number of β-amino-alcohol motifs (C(OH)–C–C–N with tert-alkyl or cyclic N) is 1. The van der Waals surface area contributed by atoms with Gasteiger partial charge in [-0.1, -0.05) is 35.5 Å². The third-order valence-corrected chi connectivity index (χ3v) is 3.44. The van der Waals surface area contributed by atoms with Crippen LogP contribution in [-0.4, -0.2) is 35.0 Å². The molecule has 106 valence electrons. The summed E-state index contributed by atoms with van der Waals surface area (Å²) >= 11 is 0. The average Bonchev–Trinajstić information content (AvgIpc) is 3.10. The van der Waals surface area contributed by atoms with Crippen molar-refractivity contribution >= 4 is 0 Å². The largest absolute Gasteiger partial charge is 0.392 e. The molecule has 0 aliphatic carbocycles. The molecule has 0 bridgehead atoms. The zero-order valence-corrected chi connectivity index (χ0v) is 11.2. The highest BCUT2D eigenvalue weighted by Crippen LogP contribution is 2.26. The Morgan fingerprint density at radius 3 is 2.85 bits per heavy atom. The summed E-state index contributed by atoms with van der Waals surface area (Å²) < 4.78 is 10.8. The van der Waals surface area contributed by atoms with Crippen LogP contribution in [0.5, 0.6) is 0 Å². The molecule has 1 aromatic heterocycles. The monoisotopic (exact) mass is 275 g/mol. The SMILES string of the molecule is COC(c1ccccc1)c1noc([C@@H]2CC(O)CN2)n1. The van der Waals surface area contributed by atoms with Crippen LogP contribution in [0.2, 0.25) is 0 Å². The minimum Gasteiger partial charge on any atom is -0.392 e. The summed E-state index contributed by atoms with van der Waals surface area (Å²) in [5.74, 6) is 0.992. The Morgan fingerprint density at radius 2 is 2.20 bits per heavy atom. The molecule has 2 N–H and O–H groups in total. The Kier molecular flexibility index (Phi) is 3.77. The number of aromatic nitrogens is 2. The minimum absolute atomic E-state index is 0.0838. The number of aliphatic hydroxyl groups excluding tert-OH is 1. The summed E-state index contributed by atoms with van der Waals surface area (Å²) in [6.07, 6.45) is -0.118. The van der Waals surface area contributed by atoms with E-state index in [9.17, 15) is 5.11 Å². The van der Waals surface area contributed by atoms with Gasteiger partial charge in [0.25, 0.3) is 0 Å². The van der Waals surface area contributed by atoms with E-state index in [0.29, 0.717) is 24.7 Å². The topological polar surface area (TPSA) is 80.4 Å². The zero-order chi connectivity index (χ0) is 13.9. The maximum absolute atomic E-state index is 9.52. The maximum Gasteiger partial charge on any atom is 0.243 e. The molecule has 2 aromatic rings. The fraction of sp³-hybridized carbons (Fsp3) is 0.429. The molecular formula is C14H17N3O3. The number of hydrogen-bond donors (Lipinski definition) is 2. The molecule has 0 spiro atoms. The van der Waals surface area contributed by atoms with Gasteiger partial charge in [0.05, 0.1) is 12.1 Å². The molecule has 0 radical (unpaired) electrons. The summed E-state index contributed by atoms with van der Waals surface area (Å²) in [6.45, 7) is 0.550. The molecule has 6 nitrogen and oxygen atoms in total. The molecule has 1 aliphatic rings. The highest BCUT2D eigenvalue weighted by molar-refractivity contribution is 5.22. The Labute approximate surface area is 116 Å². The summed E-state index contributed by atoms with van der Waals surface area (Å²) in [7, 11) is 1.62. The van der Waals surface area contributed by atoms with Crippen molar-refractivity contribution in [3.8, 4) is 0 Å². The number of nitrogens with zero attached hydrogens (tertiary/aromatic N) is 2. The number of hydrogen-bond acceptors (Lipinski definition) is 6. The van der Waals surface area contributed by atoms with Crippen molar-refractivity contribution in [3.05, 3.63) is 47.6 Å². The molecule has 20 heavy (non-hydrogen) atoms. The lowest BCUT2D eigenvalue weighted by Crippen LogP contribution is -2.15. The summed E-state index contributed by atoms with van der Waals surface area (Å²) in [5, 5.41) is 16.7. The molecule has 2 heterocycles. The van der Waals surface area contributed by atoms with Gasteiger partial charge in [0.15, 0.2) is 0 Å². The van der Waals surface area contributed by atoms with Gasteiger partial charge in [0.2, 0.25) is 11.7 Å². The number of methoxy groups -OCH3 is 1. The molecule has 3 rings (SSSR count). The lowest BCUT2D eigenvalue weighted by molar-refractivity contribution is 0.126. The molecule has 3 atom stereocenters. The van der Waals surface area contributed by atoms with Gasteiger partial charge in [-0.25, -0.2) is 0 Å². The fourth-order valence-electron chi connectivity index (χ4n) is 2.42. The molecule has 2 unspecified atom stereocenters. The van der Waals surface area contributed by atoms with E-state index in [1.807, 2.05) is 30.3 Å². The number of rotatable bonds is 4. The molecule has 1 aliphatic heterocycles. The predicted molar refractivity (Wildman–Crippen MR) is 71.0 cm³/mol. The van der Waals surface area contributed by atoms with E-state index in [2.05, 4.69) is 15.5 Å². The van der Waals surface area contributed by atoms with Gasteiger partial charge < -0.3 is 19.7 Å². The Balaban J connectivity index is 1.81. The van der Waals surface area contributed by atoms with Crippen LogP contribution in [0.15, 0.2) is 34.9 Å². The van der Waals surface area contributed by atoms with Crippen molar-refractivity contribution in [3.63, 3.8) is 0 Å². The Morgan fingerprint density at radius 1 is 1.40 bits per heavy atom. The minimum atomic E-state index is -0.359. The van der Waals surface area contributed by atoms with Crippen molar-refractivity contribution in [2.24, 2.45) is 0 Å². The van der Waals surface area contributed by atoms with Crippen molar-refractivity contribution in [1.29, 1.82) is 0 Å². The van der Waals surface area contributed by atoms with Crippen LogP contribution in [0.1, 0.15) is 35.8 Å². The van der Waals surface area contributed by atoms with Crippen LogP contribution in [-0.2, 0) is 4.74 Å². The van der Waals surface area contributed by atoms with Gasteiger partial charge in [-0.05, 0) is 12.0 Å². The molecule has 6 heteroatoms. The van der Waals surface area contributed by atoms with Crippen molar-refractivity contribution in [2.45, 2.75) is 24.7 Å². The van der Waals surface area contributed by atoms with Crippen LogP contribution >= 0.6 is 0 Å². The van der Waals surface area contributed by atoms with Crippen molar-refractivity contribution in [2.75, 3.05) is 13.7 Å². The van der Waals surface area contributed by atoms with Crippen molar-refractivity contribution in [1.82, 2.24) is 15.5 Å². The smallest absolute Gasteiger partial charge is 0.243 e. The third-order valence-electron chi connectivity index (χ3n) is 3.44. The van der Waals surface area contributed by atoms with Gasteiger partial charge in [0, 0.05) is 13.7 Å². The normalized spacial score (nSPS) is 23.9. The summed E-state index contributed by atoms with van der Waals surface area (Å²) in [4.78, 5) is 4.40. The first-order chi connectivity index (χ1) is 9.78. The first-order valence-electron chi connectivity index (χ1n) is 6.60. The van der Waals surface area contributed by atoms with Crippen LogP contribution in [0.3, 0.4) is 0 Å². The second kappa shape index (κ2) is 5.70. The highest BCUT2D eigenvalue weighted by atomic mass is 16.5. The fourth-order valence-corrected chi connectivity index (χ4v) is 2.42. The summed E-state index contributed by atoms with van der Waals surface area (Å²) in [5.41, 5.74) is 0.974. The summed E-state index contributed by atoms with van der Waals surface area (Å²) in [6, 6.07) is 9.67. The molecule has 1 fully saturated rings. The molecule has 1 saturated heterocycles. The maximum atomic E-state index is 9.52. The molecule has 0 saturated carbocycles. The Hall–Kier alpha value is -1.76. The molecule has 0 amide bonds. The third kappa shape index (κ3) is 2.58. The average molecular weight is 275 g/mol. The Bertz CT molecular complexity index is 558. The number of aliphatic hydroxyl groups is 1. The van der Waals surface area contributed by atoms with E-state index < -0.39 is 0 Å².